The van der Waals surface area contributed by atoms with Gasteiger partial charge in [0.25, 0.3) is 11.8 Å². The highest BCUT2D eigenvalue weighted by molar-refractivity contribution is 7.33. The van der Waals surface area contributed by atoms with Crippen molar-refractivity contribution in [2.24, 2.45) is 0 Å². The van der Waals surface area contributed by atoms with Crippen molar-refractivity contribution >= 4 is 31.4 Å². The maximum atomic E-state index is 12.5. The van der Waals surface area contributed by atoms with Crippen LogP contribution in [0.3, 0.4) is 0 Å². The Bertz CT molecular complexity index is 944. The number of hydrogen-bond acceptors (Lipinski definition) is 5. The van der Waals surface area contributed by atoms with Gasteiger partial charge < -0.3 is 10.6 Å². The van der Waals surface area contributed by atoms with Crippen molar-refractivity contribution in [2.75, 3.05) is 23.8 Å². The topological polar surface area (TPSA) is 93.7 Å². The monoisotopic (exact) mass is 515 g/mol. The molecule has 0 unspecified atom stereocenters. The molecule has 0 aromatic heterocycles. The fourth-order valence-electron chi connectivity index (χ4n) is 4.00. The first-order valence-electron chi connectivity index (χ1n) is 12.5. The van der Waals surface area contributed by atoms with Gasteiger partial charge in [0.05, 0.1) is 0 Å². The Hall–Kier alpha value is -2.60. The van der Waals surface area contributed by atoms with Crippen LogP contribution in [0, 0.1) is 0 Å². The van der Waals surface area contributed by atoms with Crippen molar-refractivity contribution in [3.05, 3.63) is 58.7 Å². The molecule has 0 saturated heterocycles. The van der Waals surface area contributed by atoms with Crippen molar-refractivity contribution in [2.45, 2.75) is 79.1 Å². The molecule has 8 heteroatoms. The van der Waals surface area contributed by atoms with E-state index in [0.717, 1.165) is 33.6 Å². The van der Waals surface area contributed by atoms with Crippen LogP contribution < -0.4 is 10.6 Å². The molecule has 0 aliphatic rings. The number of carbonyl (C=O) groups excluding carboxylic acids is 2. The number of amides is 2. The van der Waals surface area contributed by atoms with Gasteiger partial charge in [0.15, 0.2) is 13.2 Å². The first kappa shape index (κ1) is 29.6. The maximum absolute atomic E-state index is 12.5. The molecule has 2 N–H and O–H groups in total. The second kappa shape index (κ2) is 13.6. The highest BCUT2D eigenvalue weighted by Crippen LogP contribution is 2.34. The molecule has 0 spiro atoms. The van der Waals surface area contributed by atoms with E-state index < -0.39 is 33.3 Å². The standard InChI is InChI=1S/C28H39N2O5P/c1-17(2)21-11-9-12-22(18(3)4)27(21)29-25(31)15-34-36(33)35-16-26(32)30-28-23(19(5)6)13-10-14-24(28)20(7)8/h9-14,17-20H,15-16H2,1-8H3,(H-,29,30,31,32)/p+1. The second-order valence-corrected chi connectivity index (χ2v) is 11.1. The van der Waals surface area contributed by atoms with E-state index in [2.05, 4.69) is 66.0 Å². The minimum atomic E-state index is -2.65. The molecule has 0 radical (unpaired) electrons. The van der Waals surface area contributed by atoms with Crippen molar-refractivity contribution in [3.8, 4) is 0 Å². The van der Waals surface area contributed by atoms with Crippen LogP contribution >= 0.6 is 8.25 Å². The third kappa shape index (κ3) is 8.22. The van der Waals surface area contributed by atoms with Gasteiger partial charge in [-0.25, -0.2) is 0 Å². The molecular formula is C28H40N2O5P+. The van der Waals surface area contributed by atoms with E-state index in [0.29, 0.717) is 0 Å². The van der Waals surface area contributed by atoms with Crippen LogP contribution in [0.1, 0.15) is 101 Å². The number of nitrogens with one attached hydrogen (secondary N) is 2. The molecule has 2 aromatic rings. The Morgan fingerprint density at radius 3 is 1.17 bits per heavy atom. The molecule has 2 amide bonds. The van der Waals surface area contributed by atoms with E-state index in [1.807, 2.05) is 36.4 Å². The lowest BCUT2D eigenvalue weighted by atomic mass is 9.92. The number of anilines is 2. The summed E-state index contributed by atoms with van der Waals surface area (Å²) in [6.07, 6.45) is 0. The molecule has 196 valence electrons. The minimum Gasteiger partial charge on any atom is -0.323 e. The molecule has 0 fully saturated rings. The molecule has 0 saturated carbocycles. The van der Waals surface area contributed by atoms with Crippen LogP contribution in [0.5, 0.6) is 0 Å². The average Bonchev–Trinajstić information content (AvgIpc) is 2.81. The molecular weight excluding hydrogens is 475 g/mol. The van der Waals surface area contributed by atoms with Gasteiger partial charge in [-0.05, 0) is 45.9 Å². The Morgan fingerprint density at radius 1 is 0.639 bits per heavy atom. The summed E-state index contributed by atoms with van der Waals surface area (Å²) < 4.78 is 22.4. The summed E-state index contributed by atoms with van der Waals surface area (Å²) >= 11 is 0. The first-order chi connectivity index (χ1) is 16.9. The molecule has 7 nitrogen and oxygen atoms in total. The van der Waals surface area contributed by atoms with Gasteiger partial charge >= 0.3 is 8.25 Å². The summed E-state index contributed by atoms with van der Waals surface area (Å²) in [7, 11) is -2.65. The lowest BCUT2D eigenvalue weighted by molar-refractivity contribution is -0.118. The van der Waals surface area contributed by atoms with Crippen molar-refractivity contribution in [1.29, 1.82) is 0 Å². The van der Waals surface area contributed by atoms with E-state index >= 15 is 0 Å². The van der Waals surface area contributed by atoms with E-state index in [1.54, 1.807) is 0 Å². The summed E-state index contributed by atoms with van der Waals surface area (Å²) in [5.41, 5.74) is 5.61. The average molecular weight is 516 g/mol. The molecule has 0 heterocycles. The zero-order valence-corrected chi connectivity index (χ0v) is 23.6. The number of para-hydroxylation sites is 2. The maximum Gasteiger partial charge on any atom is 0.698 e. The Balaban J connectivity index is 1.95. The Morgan fingerprint density at radius 2 is 0.917 bits per heavy atom. The molecule has 0 atom stereocenters. The summed E-state index contributed by atoms with van der Waals surface area (Å²) in [5, 5.41) is 5.80. The van der Waals surface area contributed by atoms with Crippen LogP contribution in [0.2, 0.25) is 0 Å². The molecule has 36 heavy (non-hydrogen) atoms. The van der Waals surface area contributed by atoms with Gasteiger partial charge in [-0.15, -0.1) is 9.05 Å². The third-order valence-corrected chi connectivity index (χ3v) is 6.56. The van der Waals surface area contributed by atoms with Crippen LogP contribution in [-0.4, -0.2) is 25.0 Å². The van der Waals surface area contributed by atoms with Gasteiger partial charge in [0, 0.05) is 15.9 Å². The lowest BCUT2D eigenvalue weighted by Crippen LogP contribution is -2.21. The fraction of sp³-hybridized carbons (Fsp3) is 0.500. The number of rotatable bonds is 12. The third-order valence-electron chi connectivity index (χ3n) is 5.88. The SMILES string of the molecule is CC(C)c1cccc(C(C)C)c1NC(=O)CO[P+](=O)OCC(=O)Nc1c(C(C)C)cccc1C(C)C. The molecule has 0 aliphatic carbocycles. The fourth-order valence-corrected chi connectivity index (χ4v) is 4.52. The minimum absolute atomic E-state index is 0.218. The van der Waals surface area contributed by atoms with Gasteiger partial charge in [0.1, 0.15) is 0 Å². The van der Waals surface area contributed by atoms with Crippen LogP contribution in [0.4, 0.5) is 11.4 Å². The van der Waals surface area contributed by atoms with Gasteiger partial charge in [-0.1, -0.05) is 91.8 Å². The number of hydrogen-bond donors (Lipinski definition) is 2. The number of carbonyl (C=O) groups is 2. The van der Waals surface area contributed by atoms with Crippen molar-refractivity contribution in [1.82, 2.24) is 0 Å². The quantitative estimate of drug-likeness (QED) is 0.286. The predicted octanol–water partition coefficient (Wildman–Crippen LogP) is 7.45. The first-order valence-corrected chi connectivity index (χ1v) is 13.6. The van der Waals surface area contributed by atoms with Gasteiger partial charge in [0.2, 0.25) is 0 Å². The highest BCUT2D eigenvalue weighted by Gasteiger charge is 2.26. The summed E-state index contributed by atoms with van der Waals surface area (Å²) in [6.45, 7) is 15.6. The summed E-state index contributed by atoms with van der Waals surface area (Å²) in [5.74, 6) is -0.000545. The smallest absolute Gasteiger partial charge is 0.323 e. The predicted molar refractivity (Wildman–Crippen MR) is 146 cm³/mol. The zero-order valence-electron chi connectivity index (χ0n) is 22.7. The molecule has 2 rings (SSSR count). The van der Waals surface area contributed by atoms with Crippen molar-refractivity contribution < 1.29 is 23.2 Å². The highest BCUT2D eigenvalue weighted by atomic mass is 31.1. The Kier molecular flexibility index (Phi) is 11.2. The van der Waals surface area contributed by atoms with Crippen LogP contribution in [0.25, 0.3) is 0 Å². The molecule has 0 aliphatic heterocycles. The second-order valence-electron chi connectivity index (χ2n) is 10.1. The van der Waals surface area contributed by atoms with Crippen LogP contribution in [0.15, 0.2) is 36.4 Å². The summed E-state index contributed by atoms with van der Waals surface area (Å²) in [4.78, 5) is 25.1. The van der Waals surface area contributed by atoms with E-state index in [4.69, 9.17) is 9.05 Å². The van der Waals surface area contributed by atoms with Crippen LogP contribution in [-0.2, 0) is 23.2 Å². The van der Waals surface area contributed by atoms with E-state index in [9.17, 15) is 14.2 Å². The van der Waals surface area contributed by atoms with Gasteiger partial charge in [-0.2, -0.15) is 0 Å². The Labute approximate surface area is 216 Å². The molecule has 2 aromatic carbocycles. The van der Waals surface area contributed by atoms with Gasteiger partial charge in [-0.3, -0.25) is 9.59 Å². The largest absolute Gasteiger partial charge is 0.698 e. The molecule has 0 bridgehead atoms. The zero-order chi connectivity index (χ0) is 27.0. The van der Waals surface area contributed by atoms with E-state index in [-0.39, 0.29) is 23.7 Å². The van der Waals surface area contributed by atoms with Crippen molar-refractivity contribution in [3.63, 3.8) is 0 Å². The van der Waals surface area contributed by atoms with E-state index in [1.165, 1.54) is 0 Å². The lowest BCUT2D eigenvalue weighted by Gasteiger charge is -2.19. The number of benzene rings is 2. The normalized spacial score (nSPS) is 11.4. The summed E-state index contributed by atoms with van der Waals surface area (Å²) in [6, 6.07) is 11.9.